The average Bonchev–Trinajstić information content (AvgIpc) is 2.57. The van der Waals surface area contributed by atoms with Crippen LogP contribution in [0.4, 0.5) is 0 Å². The largest absolute Gasteiger partial charge is 1.00 e. The monoisotopic (exact) mass is 452 g/mol. The van der Waals surface area contributed by atoms with Crippen LogP contribution >= 0.6 is 0 Å². The van der Waals surface area contributed by atoms with E-state index < -0.39 is 33.7 Å². The number of carbonyl (C=O) groups is 2. The van der Waals surface area contributed by atoms with Crippen LogP contribution in [0.3, 0.4) is 0 Å². The first kappa shape index (κ1) is 36.9. The molecule has 0 aliphatic heterocycles. The van der Waals surface area contributed by atoms with E-state index in [-0.39, 0.29) is 59.1 Å². The first-order valence-corrected chi connectivity index (χ1v) is 11.1. The summed E-state index contributed by atoms with van der Waals surface area (Å²) in [6, 6.07) is 0. The summed E-state index contributed by atoms with van der Waals surface area (Å²) >= 11 is 0. The molecule has 0 bridgehead atoms. The Morgan fingerprint density at radius 2 is 1.31 bits per heavy atom. The molecule has 0 aliphatic rings. The molecule has 0 aromatic heterocycles. The van der Waals surface area contributed by atoms with Crippen LogP contribution in [-0.2, 0) is 19.7 Å². The van der Waals surface area contributed by atoms with Crippen LogP contribution in [0.2, 0.25) is 0 Å². The normalized spacial score (nSPS) is 11.6. The van der Waals surface area contributed by atoms with Gasteiger partial charge in [0.1, 0.15) is 5.25 Å². The number of allylic oxidation sites excluding steroid dienone is 2. The van der Waals surface area contributed by atoms with E-state index in [2.05, 4.69) is 26.0 Å². The Labute approximate surface area is 220 Å². The Kier molecular flexibility index (Phi) is 31.7. The maximum atomic E-state index is 10.2. The van der Waals surface area contributed by atoms with Crippen molar-refractivity contribution in [3.63, 3.8) is 0 Å². The van der Waals surface area contributed by atoms with Crippen molar-refractivity contribution >= 4 is 22.1 Å². The SMILES string of the molecule is CC=CCCCCCCCCCCCC.O=C([O-])CC(C(=O)[O-])S(=O)(=O)O.[Na+].[Na+]. The van der Waals surface area contributed by atoms with E-state index in [0.29, 0.717) is 0 Å². The molecule has 0 saturated carbocycles. The summed E-state index contributed by atoms with van der Waals surface area (Å²) in [4.78, 5) is 19.7. The van der Waals surface area contributed by atoms with Crippen LogP contribution in [0.1, 0.15) is 90.9 Å². The van der Waals surface area contributed by atoms with Crippen LogP contribution in [0.15, 0.2) is 12.2 Å². The topological polar surface area (TPSA) is 135 Å². The van der Waals surface area contributed by atoms with Gasteiger partial charge in [-0.25, -0.2) is 0 Å². The van der Waals surface area contributed by atoms with Crippen LogP contribution < -0.4 is 69.3 Å². The van der Waals surface area contributed by atoms with E-state index in [1.165, 1.54) is 70.6 Å². The van der Waals surface area contributed by atoms with E-state index in [1.807, 2.05) is 0 Å². The van der Waals surface area contributed by atoms with Gasteiger partial charge in [0, 0.05) is 12.4 Å². The molecule has 0 heterocycles. The molecular formula is C19H34Na2O7S. The van der Waals surface area contributed by atoms with E-state index in [0.717, 1.165) is 0 Å². The molecule has 0 radical (unpaired) electrons. The quantitative estimate of drug-likeness (QED) is 0.116. The molecule has 29 heavy (non-hydrogen) atoms. The van der Waals surface area contributed by atoms with Crippen molar-refractivity contribution in [3.05, 3.63) is 12.2 Å². The molecular weight excluding hydrogens is 418 g/mol. The number of rotatable bonds is 15. The Bertz CT molecular complexity index is 523. The molecule has 160 valence electrons. The van der Waals surface area contributed by atoms with Gasteiger partial charge >= 0.3 is 59.1 Å². The molecule has 7 nitrogen and oxygen atoms in total. The van der Waals surface area contributed by atoms with Gasteiger partial charge in [-0.2, -0.15) is 8.42 Å². The number of unbranched alkanes of at least 4 members (excludes halogenated alkanes) is 10. The molecule has 1 unspecified atom stereocenters. The van der Waals surface area contributed by atoms with Crippen LogP contribution in [0.25, 0.3) is 0 Å². The van der Waals surface area contributed by atoms with Crippen LogP contribution in [0.5, 0.6) is 0 Å². The summed E-state index contributed by atoms with van der Waals surface area (Å²) in [7, 11) is -4.94. The fourth-order valence-electron chi connectivity index (χ4n) is 2.38. The van der Waals surface area contributed by atoms with Gasteiger partial charge in [0.2, 0.25) is 0 Å². The Balaban J connectivity index is -0.000000206. The summed E-state index contributed by atoms with van der Waals surface area (Å²) in [6.07, 6.45) is 18.8. The van der Waals surface area contributed by atoms with Gasteiger partial charge in [-0.15, -0.1) is 0 Å². The first-order chi connectivity index (χ1) is 12.7. The van der Waals surface area contributed by atoms with Crippen molar-refractivity contribution in [1.29, 1.82) is 0 Å². The predicted molar refractivity (Wildman–Crippen MR) is 101 cm³/mol. The third kappa shape index (κ3) is 28.6. The Morgan fingerprint density at radius 1 is 0.897 bits per heavy atom. The number of carboxylic acid groups (broad SMARTS) is 2. The number of carboxylic acids is 2. The third-order valence-corrected chi connectivity index (χ3v) is 5.01. The minimum absolute atomic E-state index is 0. The minimum Gasteiger partial charge on any atom is -0.550 e. The second kappa shape index (κ2) is 24.9. The van der Waals surface area contributed by atoms with Crippen molar-refractivity contribution in [2.75, 3.05) is 0 Å². The Morgan fingerprint density at radius 3 is 1.59 bits per heavy atom. The molecule has 1 atom stereocenters. The average molecular weight is 453 g/mol. The van der Waals surface area contributed by atoms with Crippen molar-refractivity contribution in [1.82, 2.24) is 0 Å². The zero-order chi connectivity index (χ0) is 21.1. The molecule has 0 aliphatic carbocycles. The van der Waals surface area contributed by atoms with Crippen molar-refractivity contribution in [2.24, 2.45) is 0 Å². The number of hydrogen-bond acceptors (Lipinski definition) is 6. The third-order valence-electron chi connectivity index (χ3n) is 3.93. The smallest absolute Gasteiger partial charge is 0.550 e. The van der Waals surface area contributed by atoms with Gasteiger partial charge in [0.25, 0.3) is 10.1 Å². The summed E-state index contributed by atoms with van der Waals surface area (Å²) < 4.78 is 28.5. The van der Waals surface area contributed by atoms with E-state index in [4.69, 9.17) is 4.55 Å². The summed E-state index contributed by atoms with van der Waals surface area (Å²) in [6.45, 7) is 4.39. The molecule has 0 aromatic rings. The molecule has 0 saturated heterocycles. The molecule has 0 fully saturated rings. The summed E-state index contributed by atoms with van der Waals surface area (Å²) in [5.41, 5.74) is 0. The van der Waals surface area contributed by atoms with Crippen molar-refractivity contribution in [2.45, 2.75) is 96.1 Å². The second-order valence-corrected chi connectivity index (χ2v) is 8.04. The first-order valence-electron chi connectivity index (χ1n) is 9.64. The van der Waals surface area contributed by atoms with Gasteiger partial charge < -0.3 is 19.8 Å². The predicted octanol–water partition coefficient (Wildman–Crippen LogP) is -3.99. The van der Waals surface area contributed by atoms with Gasteiger partial charge in [-0.05, 0) is 19.8 Å². The molecule has 0 spiro atoms. The maximum absolute atomic E-state index is 10.2. The van der Waals surface area contributed by atoms with Gasteiger partial charge in [0.15, 0.2) is 0 Å². The van der Waals surface area contributed by atoms with E-state index in [1.54, 1.807) is 0 Å². The number of hydrogen-bond donors (Lipinski definition) is 1. The molecule has 0 amide bonds. The van der Waals surface area contributed by atoms with Crippen molar-refractivity contribution in [3.8, 4) is 0 Å². The fourth-order valence-corrected chi connectivity index (χ4v) is 2.97. The zero-order valence-corrected chi connectivity index (χ0v) is 23.3. The fraction of sp³-hybridized carbons (Fsp3) is 0.789. The van der Waals surface area contributed by atoms with Gasteiger partial charge in [-0.3, -0.25) is 4.55 Å². The number of carbonyl (C=O) groups excluding carboxylic acids is 2. The maximum Gasteiger partial charge on any atom is 1.00 e. The molecule has 1 N–H and O–H groups in total. The minimum atomic E-state index is -4.94. The summed E-state index contributed by atoms with van der Waals surface area (Å²) in [5.74, 6) is -4.08. The molecule has 0 rings (SSSR count). The molecule has 0 aromatic carbocycles. The molecule has 10 heteroatoms. The zero-order valence-electron chi connectivity index (χ0n) is 18.5. The van der Waals surface area contributed by atoms with Gasteiger partial charge in [-0.1, -0.05) is 76.9 Å². The van der Waals surface area contributed by atoms with Crippen molar-refractivity contribution < 1.29 is 91.9 Å². The Hall–Kier alpha value is 0.590. The van der Waals surface area contributed by atoms with E-state index in [9.17, 15) is 28.2 Å². The van der Waals surface area contributed by atoms with E-state index >= 15 is 0 Å². The number of aliphatic carboxylic acids is 2. The summed E-state index contributed by atoms with van der Waals surface area (Å²) in [5, 5.41) is 17.3. The van der Waals surface area contributed by atoms with Gasteiger partial charge in [0.05, 0.1) is 5.97 Å². The van der Waals surface area contributed by atoms with Crippen LogP contribution in [-0.4, -0.2) is 30.2 Å². The van der Waals surface area contributed by atoms with Crippen LogP contribution in [0, 0.1) is 0 Å². The standard InChI is InChI=1S/C15H30.C4H6O7S.2Na/c1-3-5-7-9-11-13-15-14-12-10-8-6-4-2;5-3(6)1-2(4(7)8)12(9,10)11;;/h3,5H,4,6-15H2,1-2H3;2H,1H2,(H,5,6)(H,7,8)(H,9,10,11);;/q;;2*+1/p-2. The second-order valence-electron chi connectivity index (χ2n) is 6.44.